The number of aliphatic hydroxyl groups is 1. The van der Waals surface area contributed by atoms with Crippen LogP contribution in [0.15, 0.2) is 40.0 Å². The second-order valence-electron chi connectivity index (χ2n) is 4.33. The Morgan fingerprint density at radius 2 is 2.14 bits per heavy atom. The van der Waals surface area contributed by atoms with Gasteiger partial charge in [0.15, 0.2) is 0 Å². The van der Waals surface area contributed by atoms with Crippen LogP contribution in [0.25, 0.3) is 0 Å². The number of halogens is 2. The van der Waals surface area contributed by atoms with Crippen molar-refractivity contribution in [2.24, 2.45) is 0 Å². The molecule has 1 heterocycles. The second kappa shape index (κ2) is 6.08. The molecule has 21 heavy (non-hydrogen) atoms. The minimum absolute atomic E-state index is 0.104. The summed E-state index contributed by atoms with van der Waals surface area (Å²) in [6.45, 7) is 1.11. The van der Waals surface area contributed by atoms with E-state index in [1.807, 2.05) is 0 Å². The summed E-state index contributed by atoms with van der Waals surface area (Å²) in [6, 6.07) is 4.10. The Morgan fingerprint density at radius 3 is 2.76 bits per heavy atom. The van der Waals surface area contributed by atoms with Gasteiger partial charge in [-0.2, -0.15) is 0 Å². The molecule has 0 aliphatic heterocycles. The molecule has 5 nitrogen and oxygen atoms in total. The van der Waals surface area contributed by atoms with E-state index in [9.17, 15) is 12.8 Å². The average molecular weight is 375 g/mol. The van der Waals surface area contributed by atoms with E-state index in [0.717, 1.165) is 6.07 Å². The van der Waals surface area contributed by atoms with Gasteiger partial charge in [-0.05, 0) is 30.7 Å². The first-order valence-corrected chi connectivity index (χ1v) is 8.15. The number of aliphatic hydroxyl groups excluding tert-OH is 1. The zero-order valence-electron chi connectivity index (χ0n) is 11.0. The fourth-order valence-corrected chi connectivity index (χ4v) is 3.62. The smallest absolute Gasteiger partial charge is 0.264 e. The number of rotatable bonds is 4. The van der Waals surface area contributed by atoms with Gasteiger partial charge in [-0.25, -0.2) is 12.8 Å². The molecule has 2 aromatic rings. The molecule has 0 saturated heterocycles. The monoisotopic (exact) mass is 374 g/mol. The van der Waals surface area contributed by atoms with Gasteiger partial charge in [-0.15, -0.1) is 0 Å². The van der Waals surface area contributed by atoms with Crippen molar-refractivity contribution in [1.29, 1.82) is 0 Å². The summed E-state index contributed by atoms with van der Waals surface area (Å²) in [5.74, 6) is -0.977. The van der Waals surface area contributed by atoms with Crippen LogP contribution in [0.4, 0.5) is 10.1 Å². The zero-order valence-corrected chi connectivity index (χ0v) is 13.4. The van der Waals surface area contributed by atoms with Gasteiger partial charge in [0, 0.05) is 16.2 Å². The van der Waals surface area contributed by atoms with Gasteiger partial charge >= 0.3 is 0 Å². The molecule has 0 amide bonds. The summed E-state index contributed by atoms with van der Waals surface area (Å²) >= 11 is 3.10. The van der Waals surface area contributed by atoms with Crippen LogP contribution in [0.2, 0.25) is 0 Å². The lowest BCUT2D eigenvalue weighted by molar-refractivity contribution is 0.274. The fourth-order valence-electron chi connectivity index (χ4n) is 1.70. The molecule has 0 radical (unpaired) electrons. The number of anilines is 1. The standard InChI is InChI=1S/C13H12BrFN2O3S/c1-8-2-3-16-6-11(8)17-21(19,20)12-5-10(14)4-9(7-18)13(12)15/h2-6,17-18H,7H2,1H3. The van der Waals surface area contributed by atoms with E-state index < -0.39 is 27.3 Å². The molecule has 2 N–H and O–H groups in total. The van der Waals surface area contributed by atoms with Crippen molar-refractivity contribution >= 4 is 31.6 Å². The number of sulfonamides is 1. The molecule has 1 aromatic carbocycles. The van der Waals surface area contributed by atoms with Crippen molar-refractivity contribution < 1.29 is 17.9 Å². The van der Waals surface area contributed by atoms with Crippen LogP contribution in [0, 0.1) is 12.7 Å². The maximum atomic E-state index is 14.1. The maximum Gasteiger partial charge on any atom is 0.264 e. The number of aromatic nitrogens is 1. The van der Waals surface area contributed by atoms with E-state index in [-0.39, 0.29) is 11.3 Å². The van der Waals surface area contributed by atoms with Gasteiger partial charge in [0.1, 0.15) is 10.7 Å². The molecule has 0 saturated carbocycles. The van der Waals surface area contributed by atoms with Crippen LogP contribution in [-0.4, -0.2) is 18.5 Å². The number of hydrogen-bond donors (Lipinski definition) is 2. The molecule has 112 valence electrons. The Labute approximate surface area is 130 Å². The fraction of sp³-hybridized carbons (Fsp3) is 0.154. The summed E-state index contributed by atoms with van der Waals surface area (Å²) in [5.41, 5.74) is 0.821. The van der Waals surface area contributed by atoms with Gasteiger partial charge < -0.3 is 5.11 Å². The topological polar surface area (TPSA) is 79.3 Å². The minimum Gasteiger partial charge on any atom is -0.392 e. The number of hydrogen-bond acceptors (Lipinski definition) is 4. The number of aryl methyl sites for hydroxylation is 1. The van der Waals surface area contributed by atoms with Crippen LogP contribution < -0.4 is 4.72 Å². The molecular weight excluding hydrogens is 363 g/mol. The molecule has 0 aliphatic carbocycles. The molecule has 8 heteroatoms. The molecule has 0 atom stereocenters. The van der Waals surface area contributed by atoms with Gasteiger partial charge in [0.05, 0.1) is 18.5 Å². The molecule has 0 unspecified atom stereocenters. The van der Waals surface area contributed by atoms with Crippen molar-refractivity contribution in [3.8, 4) is 0 Å². The summed E-state index contributed by atoms with van der Waals surface area (Å²) < 4.78 is 41.4. The first-order chi connectivity index (χ1) is 9.85. The SMILES string of the molecule is Cc1ccncc1NS(=O)(=O)c1cc(Br)cc(CO)c1F. The highest BCUT2D eigenvalue weighted by Gasteiger charge is 2.23. The first kappa shape index (κ1) is 15.9. The quantitative estimate of drug-likeness (QED) is 0.861. The lowest BCUT2D eigenvalue weighted by atomic mass is 10.2. The number of nitrogens with one attached hydrogen (secondary N) is 1. The van der Waals surface area contributed by atoms with E-state index >= 15 is 0 Å². The lowest BCUT2D eigenvalue weighted by Crippen LogP contribution is -2.16. The van der Waals surface area contributed by atoms with E-state index in [1.165, 1.54) is 18.5 Å². The van der Waals surface area contributed by atoms with Gasteiger partial charge in [-0.3, -0.25) is 9.71 Å². The van der Waals surface area contributed by atoms with Crippen molar-refractivity contribution in [2.45, 2.75) is 18.4 Å². The van der Waals surface area contributed by atoms with E-state index in [2.05, 4.69) is 25.6 Å². The van der Waals surface area contributed by atoms with Crippen LogP contribution in [0.1, 0.15) is 11.1 Å². The molecule has 2 rings (SSSR count). The summed E-state index contributed by atoms with van der Waals surface area (Å²) in [5, 5.41) is 9.08. The van der Waals surface area contributed by atoms with E-state index in [0.29, 0.717) is 10.0 Å². The predicted octanol–water partition coefficient (Wildman–Crippen LogP) is 2.58. The molecule has 1 aromatic heterocycles. The summed E-state index contributed by atoms with van der Waals surface area (Å²) in [6.07, 6.45) is 2.87. The van der Waals surface area contributed by atoms with Gasteiger partial charge in [0.25, 0.3) is 10.0 Å². The van der Waals surface area contributed by atoms with E-state index in [1.54, 1.807) is 13.0 Å². The zero-order chi connectivity index (χ0) is 15.6. The highest BCUT2D eigenvalue weighted by Crippen LogP contribution is 2.26. The van der Waals surface area contributed by atoms with Crippen LogP contribution in [-0.2, 0) is 16.6 Å². The third kappa shape index (κ3) is 3.39. The summed E-state index contributed by atoms with van der Waals surface area (Å²) in [7, 11) is -4.13. The average Bonchev–Trinajstić information content (AvgIpc) is 2.43. The Morgan fingerprint density at radius 1 is 1.43 bits per heavy atom. The first-order valence-electron chi connectivity index (χ1n) is 5.87. The molecule has 0 spiro atoms. The summed E-state index contributed by atoms with van der Waals surface area (Å²) in [4.78, 5) is 3.29. The van der Waals surface area contributed by atoms with Crippen LogP contribution in [0.3, 0.4) is 0 Å². The number of nitrogens with zero attached hydrogens (tertiary/aromatic N) is 1. The predicted molar refractivity (Wildman–Crippen MR) is 79.8 cm³/mol. The molecular formula is C13H12BrFN2O3S. The maximum absolute atomic E-state index is 14.1. The lowest BCUT2D eigenvalue weighted by Gasteiger charge is -2.12. The van der Waals surface area contributed by atoms with Crippen molar-refractivity contribution in [3.63, 3.8) is 0 Å². The van der Waals surface area contributed by atoms with Crippen molar-refractivity contribution in [3.05, 3.63) is 52.0 Å². The van der Waals surface area contributed by atoms with Gasteiger partial charge in [0.2, 0.25) is 0 Å². The van der Waals surface area contributed by atoms with Gasteiger partial charge in [-0.1, -0.05) is 15.9 Å². The highest BCUT2D eigenvalue weighted by molar-refractivity contribution is 9.10. The normalized spacial score (nSPS) is 11.4. The third-order valence-corrected chi connectivity index (χ3v) is 4.65. The third-order valence-electron chi connectivity index (χ3n) is 2.82. The number of pyridine rings is 1. The van der Waals surface area contributed by atoms with Crippen LogP contribution >= 0.6 is 15.9 Å². The Balaban J connectivity index is 2.50. The second-order valence-corrected chi connectivity index (χ2v) is 6.90. The Hall–Kier alpha value is -1.51. The number of benzene rings is 1. The molecule has 0 bridgehead atoms. The largest absolute Gasteiger partial charge is 0.392 e. The van der Waals surface area contributed by atoms with Crippen LogP contribution in [0.5, 0.6) is 0 Å². The van der Waals surface area contributed by atoms with Crippen molar-refractivity contribution in [2.75, 3.05) is 4.72 Å². The Bertz CT molecular complexity index is 781. The molecule has 0 aliphatic rings. The molecule has 0 fully saturated rings. The Kier molecular flexibility index (Phi) is 4.60. The minimum atomic E-state index is -4.13. The van der Waals surface area contributed by atoms with Crippen molar-refractivity contribution in [1.82, 2.24) is 4.98 Å². The van der Waals surface area contributed by atoms with E-state index in [4.69, 9.17) is 5.11 Å². The highest BCUT2D eigenvalue weighted by atomic mass is 79.9.